The summed E-state index contributed by atoms with van der Waals surface area (Å²) in [6.45, 7) is 0.745. The van der Waals surface area contributed by atoms with Crippen molar-refractivity contribution in [3.05, 3.63) is 35.3 Å². The number of hydrogen-bond donors (Lipinski definition) is 1. The van der Waals surface area contributed by atoms with Crippen LogP contribution in [-0.4, -0.2) is 28.6 Å². The van der Waals surface area contributed by atoms with E-state index in [1.54, 1.807) is 34.7 Å². The van der Waals surface area contributed by atoms with E-state index in [1.807, 2.05) is 0 Å². The van der Waals surface area contributed by atoms with E-state index in [0.29, 0.717) is 17.1 Å². The van der Waals surface area contributed by atoms with Crippen molar-refractivity contribution in [3.63, 3.8) is 0 Å². The summed E-state index contributed by atoms with van der Waals surface area (Å²) in [5.74, 6) is -0.0874. The molecule has 1 aromatic heterocycles. The van der Waals surface area contributed by atoms with Crippen molar-refractivity contribution in [1.82, 2.24) is 10.2 Å². The summed E-state index contributed by atoms with van der Waals surface area (Å²) < 4.78 is 0. The monoisotopic (exact) mass is 302 g/mol. The van der Waals surface area contributed by atoms with E-state index in [4.69, 9.17) is 0 Å². The fraction of sp³-hybridized carbons (Fsp3) is 0.286. The Morgan fingerprint density at radius 2 is 2.05 bits per heavy atom. The van der Waals surface area contributed by atoms with Crippen LogP contribution in [0.2, 0.25) is 0 Å². The Kier molecular flexibility index (Phi) is 3.92. The quantitative estimate of drug-likeness (QED) is 0.944. The Balaban J connectivity index is 1.71. The molecule has 2 amide bonds. The molecule has 0 atom stereocenters. The van der Waals surface area contributed by atoms with Gasteiger partial charge < -0.3 is 4.90 Å². The van der Waals surface area contributed by atoms with Gasteiger partial charge in [0.1, 0.15) is 5.51 Å². The third kappa shape index (κ3) is 3.08. The van der Waals surface area contributed by atoms with Gasteiger partial charge in [-0.05, 0) is 37.1 Å². The minimum Gasteiger partial charge on any atom is -0.312 e. The van der Waals surface area contributed by atoms with E-state index in [0.717, 1.165) is 25.1 Å². The summed E-state index contributed by atoms with van der Waals surface area (Å²) in [5.41, 5.74) is 2.92. The molecule has 21 heavy (non-hydrogen) atoms. The second-order valence-electron chi connectivity index (χ2n) is 4.75. The maximum atomic E-state index is 12.0. The van der Waals surface area contributed by atoms with Crippen LogP contribution in [0, 0.1) is 0 Å². The number of benzene rings is 1. The number of rotatable bonds is 3. The first-order valence-electron chi connectivity index (χ1n) is 6.72. The van der Waals surface area contributed by atoms with Crippen LogP contribution in [0.1, 0.15) is 29.6 Å². The van der Waals surface area contributed by atoms with Crippen molar-refractivity contribution < 1.29 is 9.59 Å². The van der Waals surface area contributed by atoms with Crippen LogP contribution >= 0.6 is 11.3 Å². The summed E-state index contributed by atoms with van der Waals surface area (Å²) in [6.07, 6.45) is 2.57. The molecule has 108 valence electrons. The highest BCUT2D eigenvalue weighted by atomic mass is 32.1. The largest absolute Gasteiger partial charge is 0.312 e. The van der Waals surface area contributed by atoms with Gasteiger partial charge in [-0.15, -0.1) is 10.2 Å². The molecule has 1 fully saturated rings. The van der Waals surface area contributed by atoms with E-state index >= 15 is 0 Å². The average molecular weight is 302 g/mol. The van der Waals surface area contributed by atoms with Crippen molar-refractivity contribution >= 4 is 34.0 Å². The Morgan fingerprint density at radius 1 is 1.24 bits per heavy atom. The molecule has 2 heterocycles. The maximum Gasteiger partial charge on any atom is 0.257 e. The average Bonchev–Trinajstić information content (AvgIpc) is 3.01. The first kappa shape index (κ1) is 13.7. The fourth-order valence-electron chi connectivity index (χ4n) is 2.27. The zero-order valence-corrected chi connectivity index (χ0v) is 12.1. The molecule has 2 aromatic rings. The lowest BCUT2D eigenvalue weighted by Gasteiger charge is -2.26. The van der Waals surface area contributed by atoms with Crippen molar-refractivity contribution in [1.29, 1.82) is 0 Å². The number of anilines is 2. The third-order valence-corrected chi connectivity index (χ3v) is 3.95. The Bertz CT molecular complexity index is 640. The van der Waals surface area contributed by atoms with Crippen LogP contribution < -0.4 is 10.2 Å². The van der Waals surface area contributed by atoms with Gasteiger partial charge in [-0.2, -0.15) is 0 Å². The second kappa shape index (κ2) is 6.01. The number of nitrogens with one attached hydrogen (secondary N) is 1. The van der Waals surface area contributed by atoms with Crippen LogP contribution in [0.5, 0.6) is 0 Å². The summed E-state index contributed by atoms with van der Waals surface area (Å²) >= 11 is 1.27. The summed E-state index contributed by atoms with van der Waals surface area (Å²) in [6, 6.07) is 7.04. The minimum absolute atomic E-state index is 0.146. The van der Waals surface area contributed by atoms with Crippen molar-refractivity contribution in [2.45, 2.75) is 19.3 Å². The fourth-order valence-corrected chi connectivity index (χ4v) is 2.71. The molecular weight excluding hydrogens is 288 g/mol. The molecule has 0 saturated carbocycles. The smallest absolute Gasteiger partial charge is 0.257 e. The van der Waals surface area contributed by atoms with Gasteiger partial charge in [-0.25, -0.2) is 0 Å². The highest BCUT2D eigenvalue weighted by Gasteiger charge is 2.19. The van der Waals surface area contributed by atoms with Gasteiger partial charge in [0.15, 0.2) is 0 Å². The Hall–Kier alpha value is -2.28. The van der Waals surface area contributed by atoms with Crippen molar-refractivity contribution in [3.8, 4) is 0 Å². The Labute approximate surface area is 125 Å². The lowest BCUT2D eigenvalue weighted by atomic mass is 10.1. The number of nitrogens with zero attached hydrogens (tertiary/aromatic N) is 3. The third-order valence-electron chi connectivity index (χ3n) is 3.35. The van der Waals surface area contributed by atoms with E-state index in [-0.39, 0.29) is 11.8 Å². The number of aromatic nitrogens is 2. The van der Waals surface area contributed by atoms with Crippen LogP contribution in [-0.2, 0) is 4.79 Å². The number of amides is 2. The van der Waals surface area contributed by atoms with E-state index in [1.165, 1.54) is 11.3 Å². The number of carbonyl (C=O) groups excluding carboxylic acids is 2. The standard InChI is InChI=1S/C14H14N4O2S/c19-12-3-1-2-8-18(12)11-6-4-10(5-7-11)13(20)16-14-17-15-9-21-14/h4-7,9H,1-3,8H2,(H,16,17,20). The van der Waals surface area contributed by atoms with Gasteiger partial charge in [0.05, 0.1) is 0 Å². The van der Waals surface area contributed by atoms with Crippen LogP contribution in [0.15, 0.2) is 29.8 Å². The SMILES string of the molecule is O=C(Nc1nncs1)c1ccc(N2CCCCC2=O)cc1. The molecule has 6 nitrogen and oxygen atoms in total. The highest BCUT2D eigenvalue weighted by molar-refractivity contribution is 7.13. The molecule has 3 rings (SSSR count). The van der Waals surface area contributed by atoms with Crippen molar-refractivity contribution in [2.75, 3.05) is 16.8 Å². The zero-order valence-electron chi connectivity index (χ0n) is 11.3. The first-order chi connectivity index (χ1) is 10.2. The van der Waals surface area contributed by atoms with E-state index in [9.17, 15) is 9.59 Å². The lowest BCUT2D eigenvalue weighted by molar-refractivity contribution is -0.119. The lowest BCUT2D eigenvalue weighted by Crippen LogP contribution is -2.35. The topological polar surface area (TPSA) is 75.2 Å². The molecule has 1 N–H and O–H groups in total. The molecule has 1 aromatic carbocycles. The number of piperidine rings is 1. The summed E-state index contributed by atoms with van der Waals surface area (Å²) in [5, 5.41) is 10.6. The maximum absolute atomic E-state index is 12.0. The number of carbonyl (C=O) groups is 2. The predicted molar refractivity (Wildman–Crippen MR) is 80.5 cm³/mol. The van der Waals surface area contributed by atoms with Crippen LogP contribution in [0.4, 0.5) is 10.8 Å². The molecule has 0 radical (unpaired) electrons. The zero-order chi connectivity index (χ0) is 14.7. The molecule has 1 aliphatic heterocycles. The van der Waals surface area contributed by atoms with Gasteiger partial charge in [0, 0.05) is 24.2 Å². The van der Waals surface area contributed by atoms with E-state index in [2.05, 4.69) is 15.5 Å². The summed E-state index contributed by atoms with van der Waals surface area (Å²) in [7, 11) is 0. The van der Waals surface area contributed by atoms with Gasteiger partial charge in [0.2, 0.25) is 11.0 Å². The predicted octanol–water partition coefficient (Wildman–Crippen LogP) is 2.31. The van der Waals surface area contributed by atoms with Gasteiger partial charge in [-0.3, -0.25) is 14.9 Å². The number of hydrogen-bond acceptors (Lipinski definition) is 5. The van der Waals surface area contributed by atoms with Gasteiger partial charge >= 0.3 is 0 Å². The minimum atomic E-state index is -0.233. The molecule has 0 unspecified atom stereocenters. The normalized spacial score (nSPS) is 15.0. The molecule has 0 aliphatic carbocycles. The van der Waals surface area contributed by atoms with Gasteiger partial charge in [0.25, 0.3) is 5.91 Å². The highest BCUT2D eigenvalue weighted by Crippen LogP contribution is 2.21. The molecule has 0 spiro atoms. The van der Waals surface area contributed by atoms with Gasteiger partial charge in [-0.1, -0.05) is 11.3 Å². The molecule has 7 heteroatoms. The second-order valence-corrected chi connectivity index (χ2v) is 5.58. The summed E-state index contributed by atoms with van der Waals surface area (Å²) in [4.78, 5) is 25.6. The molecule has 1 saturated heterocycles. The van der Waals surface area contributed by atoms with E-state index < -0.39 is 0 Å². The van der Waals surface area contributed by atoms with Crippen LogP contribution in [0.3, 0.4) is 0 Å². The van der Waals surface area contributed by atoms with Crippen molar-refractivity contribution in [2.24, 2.45) is 0 Å². The molecular formula is C14H14N4O2S. The first-order valence-corrected chi connectivity index (χ1v) is 7.60. The van der Waals surface area contributed by atoms with Crippen LogP contribution in [0.25, 0.3) is 0 Å². The Morgan fingerprint density at radius 3 is 2.71 bits per heavy atom. The molecule has 0 bridgehead atoms. The molecule has 1 aliphatic rings.